The maximum Gasteiger partial charge on any atom is 0.573 e. The summed E-state index contributed by atoms with van der Waals surface area (Å²) in [6.45, 7) is 0.439. The minimum atomic E-state index is -4.79. The summed E-state index contributed by atoms with van der Waals surface area (Å²) in [6.07, 6.45) is -4.62. The van der Waals surface area contributed by atoms with Crippen molar-refractivity contribution in [2.75, 3.05) is 18.9 Å². The lowest BCUT2D eigenvalue weighted by atomic mass is 10.3. The Morgan fingerprint density at radius 2 is 1.95 bits per heavy atom. The molecule has 108 valence electrons. The first-order chi connectivity index (χ1) is 8.42. The molecule has 4 nitrogen and oxygen atoms in total. The predicted octanol–water partition coefficient (Wildman–Crippen LogP) is 2.56. The third-order valence-corrected chi connectivity index (χ3v) is 1.99. The monoisotopic (exact) mass is 298 g/mol. The van der Waals surface area contributed by atoms with E-state index in [1.165, 1.54) is 18.2 Å². The van der Waals surface area contributed by atoms with E-state index in [2.05, 4.69) is 15.4 Å². The van der Waals surface area contributed by atoms with Crippen LogP contribution in [0.1, 0.15) is 6.42 Å². The zero-order valence-corrected chi connectivity index (χ0v) is 10.9. The van der Waals surface area contributed by atoms with Crippen LogP contribution in [0.5, 0.6) is 5.75 Å². The second-order valence-electron chi connectivity index (χ2n) is 3.45. The van der Waals surface area contributed by atoms with Crippen LogP contribution in [0.2, 0.25) is 0 Å². The number of ether oxygens (including phenoxy) is 1. The molecule has 0 aliphatic carbocycles. The Labute approximate surface area is 114 Å². The van der Waals surface area contributed by atoms with Gasteiger partial charge in [-0.3, -0.25) is 4.79 Å². The maximum absolute atomic E-state index is 12.1. The summed E-state index contributed by atoms with van der Waals surface area (Å²) in [4.78, 5) is 11.4. The van der Waals surface area contributed by atoms with Crippen molar-refractivity contribution >= 4 is 24.0 Å². The highest BCUT2D eigenvalue weighted by Crippen LogP contribution is 2.29. The SMILES string of the molecule is CNCCC(=O)Nc1ccccc1OC(F)(F)F.Cl. The van der Waals surface area contributed by atoms with E-state index in [0.717, 1.165) is 6.07 Å². The molecular weight excluding hydrogens is 285 g/mol. The second kappa shape index (κ2) is 7.85. The molecular formula is C11H14ClF3N2O2. The molecule has 1 rings (SSSR count). The molecule has 0 fully saturated rings. The topological polar surface area (TPSA) is 50.4 Å². The van der Waals surface area contributed by atoms with Gasteiger partial charge in [-0.25, -0.2) is 0 Å². The summed E-state index contributed by atoms with van der Waals surface area (Å²) in [5.41, 5.74) is -0.00377. The van der Waals surface area contributed by atoms with E-state index < -0.39 is 12.1 Å². The van der Waals surface area contributed by atoms with Crippen molar-refractivity contribution in [2.45, 2.75) is 12.8 Å². The van der Waals surface area contributed by atoms with E-state index in [1.807, 2.05) is 0 Å². The number of carbonyl (C=O) groups is 1. The summed E-state index contributed by atoms with van der Waals surface area (Å²) in [7, 11) is 1.67. The third-order valence-electron chi connectivity index (χ3n) is 1.99. The molecule has 0 unspecified atom stereocenters. The first-order valence-corrected chi connectivity index (χ1v) is 5.21. The van der Waals surface area contributed by atoms with Crippen LogP contribution < -0.4 is 15.4 Å². The zero-order chi connectivity index (χ0) is 13.6. The smallest absolute Gasteiger partial charge is 0.404 e. The van der Waals surface area contributed by atoms with Crippen molar-refractivity contribution < 1.29 is 22.7 Å². The normalized spacial score (nSPS) is 10.5. The summed E-state index contributed by atoms with van der Waals surface area (Å²) in [5.74, 6) is -0.814. The number of para-hydroxylation sites is 2. The van der Waals surface area contributed by atoms with Crippen molar-refractivity contribution in [1.82, 2.24) is 5.32 Å². The summed E-state index contributed by atoms with van der Waals surface area (Å²) in [6, 6.07) is 5.39. The number of hydrogen-bond acceptors (Lipinski definition) is 3. The molecule has 0 radical (unpaired) electrons. The lowest BCUT2D eigenvalue weighted by molar-refractivity contribution is -0.274. The molecule has 1 aromatic carbocycles. The predicted molar refractivity (Wildman–Crippen MR) is 67.5 cm³/mol. The molecule has 0 aliphatic heterocycles. The Kier molecular flexibility index (Phi) is 7.25. The Morgan fingerprint density at radius 3 is 2.53 bits per heavy atom. The highest BCUT2D eigenvalue weighted by molar-refractivity contribution is 5.92. The van der Waals surface area contributed by atoms with E-state index in [1.54, 1.807) is 7.05 Å². The average molecular weight is 299 g/mol. The molecule has 0 saturated carbocycles. The van der Waals surface area contributed by atoms with E-state index in [9.17, 15) is 18.0 Å². The van der Waals surface area contributed by atoms with Gasteiger partial charge in [0.15, 0.2) is 5.75 Å². The number of nitrogens with one attached hydrogen (secondary N) is 2. The van der Waals surface area contributed by atoms with Gasteiger partial charge in [-0.2, -0.15) is 0 Å². The van der Waals surface area contributed by atoms with Crippen LogP contribution in [0.25, 0.3) is 0 Å². The van der Waals surface area contributed by atoms with Crippen LogP contribution in [-0.2, 0) is 4.79 Å². The Hall–Kier alpha value is -1.47. The number of alkyl halides is 3. The molecule has 0 spiro atoms. The van der Waals surface area contributed by atoms with E-state index in [4.69, 9.17) is 0 Å². The van der Waals surface area contributed by atoms with E-state index in [-0.39, 0.29) is 30.4 Å². The van der Waals surface area contributed by atoms with Crippen LogP contribution in [0.4, 0.5) is 18.9 Å². The van der Waals surface area contributed by atoms with E-state index >= 15 is 0 Å². The molecule has 0 heterocycles. The van der Waals surface area contributed by atoms with Crippen molar-refractivity contribution in [3.05, 3.63) is 24.3 Å². The lowest BCUT2D eigenvalue weighted by Gasteiger charge is -2.13. The molecule has 1 aromatic rings. The van der Waals surface area contributed by atoms with Crippen molar-refractivity contribution in [1.29, 1.82) is 0 Å². The highest BCUT2D eigenvalue weighted by Gasteiger charge is 2.32. The first-order valence-electron chi connectivity index (χ1n) is 5.21. The molecule has 0 aromatic heterocycles. The van der Waals surface area contributed by atoms with Gasteiger partial charge in [-0.05, 0) is 19.2 Å². The fraction of sp³-hybridized carbons (Fsp3) is 0.364. The molecule has 19 heavy (non-hydrogen) atoms. The van der Waals surface area contributed by atoms with Crippen molar-refractivity contribution in [3.63, 3.8) is 0 Å². The average Bonchev–Trinajstić information content (AvgIpc) is 2.27. The van der Waals surface area contributed by atoms with Gasteiger partial charge in [0, 0.05) is 13.0 Å². The number of anilines is 1. The van der Waals surface area contributed by atoms with Gasteiger partial charge in [0.2, 0.25) is 5.91 Å². The number of rotatable bonds is 5. The Bertz CT molecular complexity index is 413. The second-order valence-corrected chi connectivity index (χ2v) is 3.45. The quantitative estimate of drug-likeness (QED) is 0.878. The standard InChI is InChI=1S/C11H13F3N2O2.ClH/c1-15-7-6-10(17)16-8-4-2-3-5-9(8)18-11(12,13)14;/h2-5,15H,6-7H2,1H3,(H,16,17);1H. The largest absolute Gasteiger partial charge is 0.573 e. The molecule has 0 aliphatic rings. The summed E-state index contributed by atoms with van der Waals surface area (Å²) in [5, 5.41) is 5.13. The minimum absolute atomic E-state index is 0. The van der Waals surface area contributed by atoms with Gasteiger partial charge in [0.1, 0.15) is 0 Å². The number of carbonyl (C=O) groups excluding carboxylic acids is 1. The molecule has 0 bridgehead atoms. The Balaban J connectivity index is 0.00000324. The van der Waals surface area contributed by atoms with Crippen molar-refractivity contribution in [3.8, 4) is 5.75 Å². The Morgan fingerprint density at radius 1 is 1.32 bits per heavy atom. The summed E-state index contributed by atoms with van der Waals surface area (Å²) >= 11 is 0. The zero-order valence-electron chi connectivity index (χ0n) is 10.1. The van der Waals surface area contributed by atoms with Gasteiger partial charge in [0.25, 0.3) is 0 Å². The first kappa shape index (κ1) is 17.5. The minimum Gasteiger partial charge on any atom is -0.404 e. The van der Waals surface area contributed by atoms with Gasteiger partial charge in [-0.15, -0.1) is 25.6 Å². The number of hydrogen-bond donors (Lipinski definition) is 2. The molecule has 0 saturated heterocycles. The lowest BCUT2D eigenvalue weighted by Crippen LogP contribution is -2.21. The number of benzene rings is 1. The molecule has 0 atom stereocenters. The molecule has 1 amide bonds. The van der Waals surface area contributed by atoms with Gasteiger partial charge < -0.3 is 15.4 Å². The van der Waals surface area contributed by atoms with E-state index in [0.29, 0.717) is 6.54 Å². The molecule has 8 heteroatoms. The van der Waals surface area contributed by atoms with Crippen LogP contribution in [-0.4, -0.2) is 25.9 Å². The van der Waals surface area contributed by atoms with Gasteiger partial charge in [-0.1, -0.05) is 12.1 Å². The maximum atomic E-state index is 12.1. The van der Waals surface area contributed by atoms with Gasteiger partial charge in [0.05, 0.1) is 5.69 Å². The number of halogens is 4. The fourth-order valence-electron chi connectivity index (χ4n) is 1.23. The van der Waals surface area contributed by atoms with Crippen LogP contribution in [0.15, 0.2) is 24.3 Å². The fourth-order valence-corrected chi connectivity index (χ4v) is 1.23. The van der Waals surface area contributed by atoms with Crippen LogP contribution >= 0.6 is 12.4 Å². The van der Waals surface area contributed by atoms with Crippen LogP contribution in [0.3, 0.4) is 0 Å². The van der Waals surface area contributed by atoms with Crippen molar-refractivity contribution in [2.24, 2.45) is 0 Å². The third kappa shape index (κ3) is 6.88. The number of amides is 1. The van der Waals surface area contributed by atoms with Gasteiger partial charge >= 0.3 is 6.36 Å². The molecule has 2 N–H and O–H groups in total. The summed E-state index contributed by atoms with van der Waals surface area (Å²) < 4.78 is 40.2. The van der Waals surface area contributed by atoms with Crippen LogP contribution in [0, 0.1) is 0 Å². The highest BCUT2D eigenvalue weighted by atomic mass is 35.5.